The van der Waals surface area contributed by atoms with E-state index in [0.717, 1.165) is 28.4 Å². The number of para-hydroxylation sites is 2. The topological polar surface area (TPSA) is 21.3 Å². The highest BCUT2D eigenvalue weighted by Crippen LogP contribution is 2.44. The molecular formula is C14H13NO. The summed E-state index contributed by atoms with van der Waals surface area (Å²) in [5, 5.41) is 3.42. The van der Waals surface area contributed by atoms with Crippen molar-refractivity contribution in [2.75, 3.05) is 5.32 Å². The molecule has 1 N–H and O–H groups in total. The quantitative estimate of drug-likeness (QED) is 0.603. The summed E-state index contributed by atoms with van der Waals surface area (Å²) in [7, 11) is 0. The van der Waals surface area contributed by atoms with Crippen LogP contribution >= 0.6 is 0 Å². The first-order valence-electron chi connectivity index (χ1n) is 5.40. The van der Waals surface area contributed by atoms with Gasteiger partial charge in [-0.25, -0.2) is 0 Å². The van der Waals surface area contributed by atoms with E-state index in [1.54, 1.807) is 0 Å². The van der Waals surface area contributed by atoms with E-state index in [1.165, 1.54) is 5.56 Å². The van der Waals surface area contributed by atoms with Crippen molar-refractivity contribution in [2.45, 2.75) is 13.8 Å². The molecule has 0 fully saturated rings. The van der Waals surface area contributed by atoms with Crippen molar-refractivity contribution in [1.82, 2.24) is 0 Å². The van der Waals surface area contributed by atoms with Gasteiger partial charge in [0.1, 0.15) is 0 Å². The van der Waals surface area contributed by atoms with Crippen LogP contribution in [-0.4, -0.2) is 0 Å². The Morgan fingerprint density at radius 3 is 2.56 bits per heavy atom. The fourth-order valence-corrected chi connectivity index (χ4v) is 1.98. The zero-order chi connectivity index (χ0) is 11.1. The fourth-order valence-electron chi connectivity index (χ4n) is 1.98. The van der Waals surface area contributed by atoms with Gasteiger partial charge in [0, 0.05) is 0 Å². The molecule has 3 rings (SSSR count). The molecule has 80 valence electrons. The Hall–Kier alpha value is -1.96. The molecular weight excluding hydrogens is 198 g/mol. The number of benzene rings is 2. The van der Waals surface area contributed by atoms with Crippen LogP contribution in [0.4, 0.5) is 11.4 Å². The van der Waals surface area contributed by atoms with E-state index in [-0.39, 0.29) is 0 Å². The van der Waals surface area contributed by atoms with Gasteiger partial charge < -0.3 is 10.1 Å². The monoisotopic (exact) mass is 211 g/mol. The smallest absolute Gasteiger partial charge is 0.154 e. The normalized spacial score (nSPS) is 12.1. The number of aryl methyl sites for hydroxylation is 2. The summed E-state index contributed by atoms with van der Waals surface area (Å²) in [5.41, 5.74) is 4.47. The first kappa shape index (κ1) is 9.28. The SMILES string of the molecule is Cc1ccc(C)c2c1Nc1ccccc1O2. The molecule has 0 saturated heterocycles. The summed E-state index contributed by atoms with van der Waals surface area (Å²) < 4.78 is 5.93. The largest absolute Gasteiger partial charge is 0.453 e. The predicted molar refractivity (Wildman–Crippen MR) is 65.7 cm³/mol. The minimum Gasteiger partial charge on any atom is -0.453 e. The van der Waals surface area contributed by atoms with E-state index in [1.807, 2.05) is 24.3 Å². The molecule has 0 radical (unpaired) electrons. The predicted octanol–water partition coefficient (Wildman–Crippen LogP) is 4.15. The molecule has 1 heterocycles. The van der Waals surface area contributed by atoms with E-state index in [2.05, 4.69) is 31.3 Å². The standard InChI is InChI=1S/C14H13NO/c1-9-7-8-10(2)14-13(9)15-11-5-3-4-6-12(11)16-14/h3-8,15H,1-2H3. The molecule has 0 bridgehead atoms. The summed E-state index contributed by atoms with van der Waals surface area (Å²) in [6, 6.07) is 12.2. The van der Waals surface area contributed by atoms with Crippen LogP contribution in [0.15, 0.2) is 36.4 Å². The summed E-state index contributed by atoms with van der Waals surface area (Å²) in [6.07, 6.45) is 0. The van der Waals surface area contributed by atoms with E-state index < -0.39 is 0 Å². The number of anilines is 2. The molecule has 0 aliphatic carbocycles. The zero-order valence-electron chi connectivity index (χ0n) is 9.37. The lowest BCUT2D eigenvalue weighted by Crippen LogP contribution is -2.05. The van der Waals surface area contributed by atoms with Crippen LogP contribution in [0.2, 0.25) is 0 Å². The van der Waals surface area contributed by atoms with Gasteiger partial charge in [-0.1, -0.05) is 24.3 Å². The third-order valence-electron chi connectivity index (χ3n) is 2.92. The Morgan fingerprint density at radius 2 is 1.69 bits per heavy atom. The van der Waals surface area contributed by atoms with Crippen LogP contribution in [0.1, 0.15) is 11.1 Å². The van der Waals surface area contributed by atoms with Gasteiger partial charge in [0.2, 0.25) is 0 Å². The molecule has 2 aromatic carbocycles. The van der Waals surface area contributed by atoms with Crippen molar-refractivity contribution >= 4 is 11.4 Å². The van der Waals surface area contributed by atoms with Crippen LogP contribution in [0.25, 0.3) is 0 Å². The summed E-state index contributed by atoms with van der Waals surface area (Å²) in [4.78, 5) is 0. The van der Waals surface area contributed by atoms with E-state index in [0.29, 0.717) is 0 Å². The Labute approximate surface area is 94.9 Å². The average molecular weight is 211 g/mol. The number of nitrogens with one attached hydrogen (secondary N) is 1. The van der Waals surface area contributed by atoms with E-state index >= 15 is 0 Å². The molecule has 0 amide bonds. The second-order valence-electron chi connectivity index (χ2n) is 4.13. The van der Waals surface area contributed by atoms with Crippen LogP contribution in [0.5, 0.6) is 11.5 Å². The number of ether oxygens (including phenoxy) is 1. The first-order valence-corrected chi connectivity index (χ1v) is 5.40. The first-order chi connectivity index (χ1) is 7.75. The average Bonchev–Trinajstić information content (AvgIpc) is 2.32. The highest BCUT2D eigenvalue weighted by Gasteiger charge is 2.18. The minimum atomic E-state index is 0.892. The van der Waals surface area contributed by atoms with Crippen molar-refractivity contribution in [3.05, 3.63) is 47.5 Å². The third-order valence-corrected chi connectivity index (χ3v) is 2.92. The molecule has 1 aliphatic rings. The van der Waals surface area contributed by atoms with Crippen molar-refractivity contribution in [2.24, 2.45) is 0 Å². The minimum absolute atomic E-state index is 0.892. The second-order valence-corrected chi connectivity index (χ2v) is 4.13. The second kappa shape index (κ2) is 3.27. The van der Waals surface area contributed by atoms with Crippen LogP contribution < -0.4 is 10.1 Å². The summed E-state index contributed by atoms with van der Waals surface area (Å²) in [6.45, 7) is 4.15. The Balaban J connectivity index is 2.19. The molecule has 0 unspecified atom stereocenters. The van der Waals surface area contributed by atoms with Crippen molar-refractivity contribution in [3.63, 3.8) is 0 Å². The van der Waals surface area contributed by atoms with Gasteiger partial charge in [0.05, 0.1) is 11.4 Å². The molecule has 2 nitrogen and oxygen atoms in total. The highest BCUT2D eigenvalue weighted by molar-refractivity contribution is 5.78. The van der Waals surface area contributed by atoms with E-state index in [9.17, 15) is 0 Å². The maximum atomic E-state index is 5.93. The van der Waals surface area contributed by atoms with Crippen molar-refractivity contribution in [3.8, 4) is 11.5 Å². The van der Waals surface area contributed by atoms with Crippen LogP contribution in [0.3, 0.4) is 0 Å². The molecule has 1 aliphatic heterocycles. The zero-order valence-corrected chi connectivity index (χ0v) is 9.37. The van der Waals surface area contributed by atoms with Gasteiger partial charge in [0.25, 0.3) is 0 Å². The van der Waals surface area contributed by atoms with Gasteiger partial charge in [-0.3, -0.25) is 0 Å². The number of fused-ring (bicyclic) bond motifs is 2. The summed E-state index contributed by atoms with van der Waals surface area (Å²) in [5.74, 6) is 1.84. The van der Waals surface area contributed by atoms with Crippen LogP contribution in [0, 0.1) is 13.8 Å². The third kappa shape index (κ3) is 1.27. The lowest BCUT2D eigenvalue weighted by atomic mass is 10.1. The Kier molecular flexibility index (Phi) is 1.90. The molecule has 0 aromatic heterocycles. The molecule has 2 aromatic rings. The van der Waals surface area contributed by atoms with Crippen molar-refractivity contribution in [1.29, 1.82) is 0 Å². The molecule has 0 atom stereocenters. The highest BCUT2D eigenvalue weighted by atomic mass is 16.5. The van der Waals surface area contributed by atoms with Crippen molar-refractivity contribution < 1.29 is 4.74 Å². The molecule has 0 saturated carbocycles. The Bertz CT molecular complexity index is 511. The Morgan fingerprint density at radius 1 is 0.938 bits per heavy atom. The maximum absolute atomic E-state index is 5.93. The lowest BCUT2D eigenvalue weighted by molar-refractivity contribution is 0.477. The number of hydrogen-bond acceptors (Lipinski definition) is 2. The van der Waals surface area contributed by atoms with Gasteiger partial charge in [-0.05, 0) is 37.1 Å². The number of hydrogen-bond donors (Lipinski definition) is 1. The maximum Gasteiger partial charge on any atom is 0.154 e. The van der Waals surface area contributed by atoms with Crippen LogP contribution in [-0.2, 0) is 0 Å². The van der Waals surface area contributed by atoms with Gasteiger partial charge in [-0.2, -0.15) is 0 Å². The fraction of sp³-hybridized carbons (Fsp3) is 0.143. The van der Waals surface area contributed by atoms with Gasteiger partial charge in [-0.15, -0.1) is 0 Å². The van der Waals surface area contributed by atoms with E-state index in [4.69, 9.17) is 4.74 Å². The van der Waals surface area contributed by atoms with Gasteiger partial charge in [0.15, 0.2) is 11.5 Å². The number of rotatable bonds is 0. The van der Waals surface area contributed by atoms with Gasteiger partial charge >= 0.3 is 0 Å². The molecule has 0 spiro atoms. The molecule has 2 heteroatoms. The molecule has 16 heavy (non-hydrogen) atoms. The lowest BCUT2D eigenvalue weighted by Gasteiger charge is -2.24. The summed E-state index contributed by atoms with van der Waals surface area (Å²) >= 11 is 0.